The molecule has 190 valence electrons. The van der Waals surface area contributed by atoms with E-state index in [-0.39, 0.29) is 6.54 Å². The van der Waals surface area contributed by atoms with Crippen LogP contribution in [0.2, 0.25) is 0 Å². The van der Waals surface area contributed by atoms with Crippen molar-refractivity contribution in [2.24, 2.45) is 0 Å². The van der Waals surface area contributed by atoms with Gasteiger partial charge in [-0.05, 0) is 12.1 Å². The normalized spacial score (nSPS) is 24.6. The van der Waals surface area contributed by atoms with Crippen LogP contribution in [0.3, 0.4) is 0 Å². The molecule has 3 heterocycles. The number of phosphoric ester groups is 1. The molecule has 1 aliphatic heterocycles. The molecule has 5 unspecified atom stereocenters. The van der Waals surface area contributed by atoms with Crippen molar-refractivity contribution in [3.05, 3.63) is 63.1 Å². The second kappa shape index (κ2) is 9.52. The molecule has 16 nitrogen and oxygen atoms in total. The first-order chi connectivity index (χ1) is 16.4. The molecule has 2 aromatic heterocycles. The molecule has 0 spiro atoms. The third-order valence-corrected chi connectivity index (χ3v) is 7.23. The summed E-state index contributed by atoms with van der Waals surface area (Å²) < 4.78 is 42.6. The van der Waals surface area contributed by atoms with Crippen LogP contribution in [0.15, 0.2) is 50.6 Å². The van der Waals surface area contributed by atoms with E-state index in [1.54, 1.807) is 24.3 Å². The highest BCUT2D eigenvalue weighted by molar-refractivity contribution is 7.60. The molecule has 5 N–H and O–H groups in total. The summed E-state index contributed by atoms with van der Waals surface area (Å²) in [5, 5.41) is 25.1. The van der Waals surface area contributed by atoms with Crippen LogP contribution in [0.25, 0.3) is 11.0 Å². The van der Waals surface area contributed by atoms with E-state index in [4.69, 9.17) is 19.0 Å². The lowest BCUT2D eigenvalue weighted by atomic mass is 10.1. The van der Waals surface area contributed by atoms with Crippen molar-refractivity contribution in [2.45, 2.75) is 31.1 Å². The first-order valence-electron chi connectivity index (χ1n) is 9.77. The zero-order chi connectivity index (χ0) is 25.5. The summed E-state index contributed by atoms with van der Waals surface area (Å²) in [6.45, 7) is -1.22. The Morgan fingerprint density at radius 2 is 1.77 bits per heavy atom. The Morgan fingerprint density at radius 3 is 2.49 bits per heavy atom. The molecule has 1 saturated heterocycles. The number of phosphoric acid groups is 2. The number of hydrogen-bond donors (Lipinski definition) is 5. The Kier molecular flexibility index (Phi) is 6.96. The molecule has 0 radical (unpaired) electrons. The van der Waals surface area contributed by atoms with Crippen LogP contribution in [-0.2, 0) is 29.2 Å². The number of aliphatic hydroxyl groups excluding tert-OH is 2. The van der Waals surface area contributed by atoms with E-state index in [0.29, 0.717) is 16.7 Å². The SMILES string of the molecule is O=c1ccn(C2OC(COP(=O)(O)OP(=O)(O)O)C(O)C2O)c(=O)n1Cc1noc2ccccc12. The number of rotatable bonds is 8. The molecule has 0 amide bonds. The fourth-order valence-electron chi connectivity index (χ4n) is 3.49. The van der Waals surface area contributed by atoms with Crippen LogP contribution in [-0.4, -0.2) is 64.1 Å². The van der Waals surface area contributed by atoms with Crippen molar-refractivity contribution in [1.82, 2.24) is 14.3 Å². The van der Waals surface area contributed by atoms with E-state index in [2.05, 4.69) is 14.0 Å². The molecule has 1 aromatic carbocycles. The molecule has 0 saturated carbocycles. The lowest BCUT2D eigenvalue weighted by Gasteiger charge is -2.19. The molecular formula is C17H19N3O13P2. The topological polar surface area (TPSA) is 233 Å². The Balaban J connectivity index is 1.56. The van der Waals surface area contributed by atoms with Gasteiger partial charge in [-0.1, -0.05) is 17.3 Å². The van der Waals surface area contributed by atoms with Crippen molar-refractivity contribution in [3.63, 3.8) is 0 Å². The summed E-state index contributed by atoms with van der Waals surface area (Å²) in [6.07, 6.45) is -5.53. The van der Waals surface area contributed by atoms with Crippen LogP contribution < -0.4 is 11.2 Å². The first-order valence-corrected chi connectivity index (χ1v) is 12.8. The van der Waals surface area contributed by atoms with Gasteiger partial charge in [-0.25, -0.2) is 13.9 Å². The Hall–Kier alpha value is -2.49. The fraction of sp³-hybridized carbons (Fsp3) is 0.353. The van der Waals surface area contributed by atoms with Gasteiger partial charge in [-0.2, -0.15) is 4.31 Å². The third-order valence-electron chi connectivity index (χ3n) is 5.08. The van der Waals surface area contributed by atoms with Gasteiger partial charge in [0.05, 0.1) is 13.2 Å². The number of nitrogens with zero attached hydrogens (tertiary/aromatic N) is 3. The molecule has 0 aliphatic carbocycles. The maximum Gasteiger partial charge on any atom is 0.481 e. The maximum absolute atomic E-state index is 13.0. The quantitative estimate of drug-likeness (QED) is 0.219. The van der Waals surface area contributed by atoms with Gasteiger partial charge >= 0.3 is 21.3 Å². The Morgan fingerprint density at radius 1 is 1.06 bits per heavy atom. The average molecular weight is 535 g/mol. The predicted octanol–water partition coefficient (Wildman–Crippen LogP) is -0.955. The van der Waals surface area contributed by atoms with Crippen molar-refractivity contribution >= 4 is 26.6 Å². The maximum atomic E-state index is 13.0. The average Bonchev–Trinajstić information content (AvgIpc) is 3.30. The highest BCUT2D eigenvalue weighted by Gasteiger charge is 2.46. The van der Waals surface area contributed by atoms with E-state index in [9.17, 15) is 33.8 Å². The van der Waals surface area contributed by atoms with Crippen LogP contribution in [0.4, 0.5) is 0 Å². The van der Waals surface area contributed by atoms with Crippen molar-refractivity contribution in [3.8, 4) is 0 Å². The highest BCUT2D eigenvalue weighted by Crippen LogP contribution is 2.57. The number of aliphatic hydroxyl groups is 2. The summed E-state index contributed by atoms with van der Waals surface area (Å²) in [4.78, 5) is 52.1. The van der Waals surface area contributed by atoms with Gasteiger partial charge in [-0.3, -0.25) is 18.5 Å². The number of ether oxygens (including phenoxy) is 1. The van der Waals surface area contributed by atoms with E-state index < -0.39 is 58.0 Å². The Bertz CT molecular complexity index is 1440. The zero-order valence-electron chi connectivity index (χ0n) is 17.4. The first kappa shape index (κ1) is 25.6. The lowest BCUT2D eigenvalue weighted by molar-refractivity contribution is -0.0547. The molecular weight excluding hydrogens is 516 g/mol. The molecule has 35 heavy (non-hydrogen) atoms. The number of aromatic nitrogens is 3. The zero-order valence-corrected chi connectivity index (χ0v) is 19.2. The second-order valence-electron chi connectivity index (χ2n) is 7.44. The van der Waals surface area contributed by atoms with Crippen LogP contribution in [0, 0.1) is 0 Å². The van der Waals surface area contributed by atoms with Crippen molar-refractivity contribution < 1.29 is 52.1 Å². The number of benzene rings is 1. The minimum absolute atomic E-state index is 0.277. The van der Waals surface area contributed by atoms with Crippen molar-refractivity contribution in [1.29, 1.82) is 0 Å². The number of fused-ring (bicyclic) bond motifs is 1. The second-order valence-corrected chi connectivity index (χ2v) is 10.3. The van der Waals surface area contributed by atoms with Gasteiger partial charge in [0.25, 0.3) is 5.56 Å². The summed E-state index contributed by atoms with van der Waals surface area (Å²) in [5.74, 6) is 0. The van der Waals surface area contributed by atoms with Crippen LogP contribution in [0.1, 0.15) is 11.9 Å². The summed E-state index contributed by atoms with van der Waals surface area (Å²) >= 11 is 0. The van der Waals surface area contributed by atoms with E-state index in [1.807, 2.05) is 0 Å². The molecule has 0 bridgehead atoms. The van der Waals surface area contributed by atoms with Gasteiger partial charge in [0.1, 0.15) is 24.0 Å². The monoisotopic (exact) mass is 535 g/mol. The standard InChI is InChI=1S/C17H19N3O13P2/c21-13-5-6-19(17(24)20(13)7-10-9-3-1-2-4-11(9)32-18-10)16-15(23)14(22)12(31-16)8-30-35(28,29)33-34(25,26)27/h1-6,12,14-16,22-23H,7-8H2,(H,28,29)(H2,25,26,27). The number of para-hydroxylation sites is 1. The minimum atomic E-state index is -5.37. The molecule has 1 fully saturated rings. The summed E-state index contributed by atoms with van der Waals surface area (Å²) in [6, 6.07) is 7.80. The highest BCUT2D eigenvalue weighted by atomic mass is 31.3. The van der Waals surface area contributed by atoms with Crippen molar-refractivity contribution in [2.75, 3.05) is 6.61 Å². The van der Waals surface area contributed by atoms with E-state index >= 15 is 0 Å². The van der Waals surface area contributed by atoms with Gasteiger partial charge < -0.3 is 34.2 Å². The molecule has 3 aromatic rings. The third kappa shape index (κ3) is 5.52. The van der Waals surface area contributed by atoms with E-state index in [0.717, 1.165) is 21.4 Å². The van der Waals surface area contributed by atoms with Crippen LogP contribution >= 0.6 is 15.6 Å². The molecule has 5 atom stereocenters. The smallest absolute Gasteiger partial charge is 0.387 e. The lowest BCUT2D eigenvalue weighted by Crippen LogP contribution is -2.43. The fourth-order valence-corrected chi connectivity index (χ4v) is 5.09. The largest absolute Gasteiger partial charge is 0.481 e. The number of hydrogen-bond acceptors (Lipinski definition) is 11. The van der Waals surface area contributed by atoms with E-state index in [1.165, 1.54) is 0 Å². The minimum Gasteiger partial charge on any atom is -0.387 e. The van der Waals surface area contributed by atoms with Gasteiger partial charge in [0.2, 0.25) is 0 Å². The summed E-state index contributed by atoms with van der Waals surface area (Å²) in [7, 11) is -10.6. The van der Waals surface area contributed by atoms with Gasteiger partial charge in [0.15, 0.2) is 11.8 Å². The van der Waals surface area contributed by atoms with Crippen LogP contribution in [0.5, 0.6) is 0 Å². The molecule has 1 aliphatic rings. The molecule has 4 rings (SSSR count). The summed E-state index contributed by atoms with van der Waals surface area (Å²) in [5.41, 5.74) is -0.890. The predicted molar refractivity (Wildman–Crippen MR) is 113 cm³/mol. The Labute approximate surface area is 194 Å². The molecule has 18 heteroatoms. The van der Waals surface area contributed by atoms with Gasteiger partial charge in [-0.15, -0.1) is 0 Å². The van der Waals surface area contributed by atoms with Gasteiger partial charge in [0, 0.05) is 17.6 Å².